The third-order valence-electron chi connectivity index (χ3n) is 5.01. The molecule has 0 aliphatic heterocycles. The topological polar surface area (TPSA) is 38.3 Å². The maximum atomic E-state index is 12.4. The maximum Gasteiger partial charge on any atom is 0.412 e. The Hall–Kier alpha value is -2.72. The molecule has 0 radical (unpaired) electrons. The van der Waals surface area contributed by atoms with Gasteiger partial charge < -0.3 is 4.74 Å². The first-order valence-electron chi connectivity index (χ1n) is 11.0. The first kappa shape index (κ1) is 23.9. The molecule has 0 spiro atoms. The fourth-order valence-electron chi connectivity index (χ4n) is 3.43. The number of anilines is 1. The fraction of sp³-hybridized carbons (Fsp3) is 0.321. The second-order valence-corrected chi connectivity index (χ2v) is 10.6. The van der Waals surface area contributed by atoms with Gasteiger partial charge >= 0.3 is 6.09 Å². The summed E-state index contributed by atoms with van der Waals surface area (Å²) < 4.78 is 5.46. The first-order chi connectivity index (χ1) is 15.2. The number of hydrogen-bond acceptors (Lipinski definition) is 3. The van der Waals surface area contributed by atoms with Crippen molar-refractivity contribution in [3.63, 3.8) is 0 Å². The van der Waals surface area contributed by atoms with Crippen LogP contribution in [0.5, 0.6) is 0 Å². The molecule has 3 nitrogen and oxygen atoms in total. The first-order valence-corrected chi connectivity index (χ1v) is 11.9. The number of nitrogens with one attached hydrogen (secondary N) is 1. The third kappa shape index (κ3) is 7.76. The van der Waals surface area contributed by atoms with Crippen LogP contribution in [0.1, 0.15) is 43.0 Å². The van der Waals surface area contributed by atoms with Crippen molar-refractivity contribution >= 4 is 23.5 Å². The van der Waals surface area contributed by atoms with Crippen molar-refractivity contribution < 1.29 is 9.53 Å². The van der Waals surface area contributed by atoms with E-state index in [4.69, 9.17) is 4.74 Å². The highest BCUT2D eigenvalue weighted by atomic mass is 32.2. The molecule has 0 aliphatic rings. The molecule has 1 amide bonds. The van der Waals surface area contributed by atoms with Gasteiger partial charge in [0.1, 0.15) is 5.60 Å². The third-order valence-corrected chi connectivity index (χ3v) is 6.22. The Balaban J connectivity index is 1.81. The molecular formula is C28H33NO2S. The lowest BCUT2D eigenvalue weighted by molar-refractivity contribution is 0.0636. The van der Waals surface area contributed by atoms with Crippen molar-refractivity contribution in [3.05, 3.63) is 95.1 Å². The van der Waals surface area contributed by atoms with E-state index in [9.17, 15) is 4.79 Å². The molecule has 3 aromatic rings. The number of amides is 1. The molecule has 168 valence electrons. The van der Waals surface area contributed by atoms with Crippen LogP contribution in [-0.2, 0) is 17.6 Å². The Morgan fingerprint density at radius 3 is 2.09 bits per heavy atom. The zero-order valence-electron chi connectivity index (χ0n) is 19.6. The van der Waals surface area contributed by atoms with E-state index in [1.807, 2.05) is 50.7 Å². The SMILES string of the molecule is Cc1ccc(CC(Cc2ccccc2NC(=O)OC(C)(C)C)Sc2ccc(C)cc2)cc1. The number of carbonyl (C=O) groups is 1. The second kappa shape index (κ2) is 10.7. The number of ether oxygens (including phenoxy) is 1. The monoisotopic (exact) mass is 447 g/mol. The Morgan fingerprint density at radius 1 is 0.875 bits per heavy atom. The molecule has 0 heterocycles. The van der Waals surface area contributed by atoms with Crippen molar-refractivity contribution in [2.45, 2.75) is 63.2 Å². The van der Waals surface area contributed by atoms with Gasteiger partial charge in [-0.15, -0.1) is 11.8 Å². The second-order valence-electron chi connectivity index (χ2n) is 9.23. The number of para-hydroxylation sites is 1. The smallest absolute Gasteiger partial charge is 0.412 e. The van der Waals surface area contributed by atoms with Gasteiger partial charge in [0.05, 0.1) is 0 Å². The Morgan fingerprint density at radius 2 is 1.47 bits per heavy atom. The van der Waals surface area contributed by atoms with E-state index in [0.717, 1.165) is 24.1 Å². The molecule has 1 atom stereocenters. The van der Waals surface area contributed by atoms with Gasteiger partial charge in [-0.05, 0) is 76.8 Å². The summed E-state index contributed by atoms with van der Waals surface area (Å²) in [6.45, 7) is 9.83. The zero-order valence-corrected chi connectivity index (χ0v) is 20.5. The van der Waals surface area contributed by atoms with Gasteiger partial charge in [-0.1, -0.05) is 65.7 Å². The number of rotatable bonds is 7. The lowest BCUT2D eigenvalue weighted by atomic mass is 10.0. The Bertz CT molecular complexity index is 973. The van der Waals surface area contributed by atoms with E-state index in [-0.39, 0.29) is 0 Å². The lowest BCUT2D eigenvalue weighted by Crippen LogP contribution is -2.27. The summed E-state index contributed by atoms with van der Waals surface area (Å²) in [5.41, 5.74) is 5.22. The number of benzene rings is 3. The largest absolute Gasteiger partial charge is 0.444 e. The van der Waals surface area contributed by atoms with Gasteiger partial charge in [-0.25, -0.2) is 4.79 Å². The fourth-order valence-corrected chi connectivity index (χ4v) is 4.65. The van der Waals surface area contributed by atoms with Crippen molar-refractivity contribution in [1.82, 2.24) is 0 Å². The van der Waals surface area contributed by atoms with Crippen LogP contribution >= 0.6 is 11.8 Å². The molecule has 1 N–H and O–H groups in total. The molecule has 32 heavy (non-hydrogen) atoms. The molecule has 3 rings (SSSR count). The average molecular weight is 448 g/mol. The van der Waals surface area contributed by atoms with Gasteiger partial charge in [-0.3, -0.25) is 5.32 Å². The number of hydrogen-bond donors (Lipinski definition) is 1. The van der Waals surface area contributed by atoms with Gasteiger partial charge in [0, 0.05) is 15.8 Å². The predicted molar refractivity (Wildman–Crippen MR) is 136 cm³/mol. The highest BCUT2D eigenvalue weighted by Crippen LogP contribution is 2.31. The Labute approximate surface area is 196 Å². The molecule has 0 bridgehead atoms. The van der Waals surface area contributed by atoms with Crippen LogP contribution in [0.4, 0.5) is 10.5 Å². The Kier molecular flexibility index (Phi) is 8.03. The van der Waals surface area contributed by atoms with Gasteiger partial charge in [0.2, 0.25) is 0 Å². The maximum absolute atomic E-state index is 12.4. The van der Waals surface area contributed by atoms with Crippen LogP contribution in [0.15, 0.2) is 77.7 Å². The van der Waals surface area contributed by atoms with E-state index >= 15 is 0 Å². The molecule has 3 aromatic carbocycles. The summed E-state index contributed by atoms with van der Waals surface area (Å²) in [5, 5.41) is 3.27. The quantitative estimate of drug-likeness (QED) is 0.379. The minimum Gasteiger partial charge on any atom is -0.444 e. The van der Waals surface area contributed by atoms with Crippen LogP contribution in [0.25, 0.3) is 0 Å². The highest BCUT2D eigenvalue weighted by molar-refractivity contribution is 8.00. The summed E-state index contributed by atoms with van der Waals surface area (Å²) in [6, 6.07) is 25.4. The summed E-state index contributed by atoms with van der Waals surface area (Å²) in [6.07, 6.45) is 1.35. The normalized spacial score (nSPS) is 12.3. The molecule has 0 saturated carbocycles. The lowest BCUT2D eigenvalue weighted by Gasteiger charge is -2.22. The van der Waals surface area contributed by atoms with E-state index < -0.39 is 11.7 Å². The average Bonchev–Trinajstić information content (AvgIpc) is 2.71. The van der Waals surface area contributed by atoms with Gasteiger partial charge in [0.25, 0.3) is 0 Å². The van der Waals surface area contributed by atoms with Gasteiger partial charge in [0.15, 0.2) is 0 Å². The molecule has 0 fully saturated rings. The summed E-state index contributed by atoms with van der Waals surface area (Å²) in [4.78, 5) is 13.6. The molecule has 0 aliphatic carbocycles. The summed E-state index contributed by atoms with van der Waals surface area (Å²) in [7, 11) is 0. The van der Waals surface area contributed by atoms with Crippen LogP contribution in [0, 0.1) is 13.8 Å². The van der Waals surface area contributed by atoms with Crippen LogP contribution in [0.2, 0.25) is 0 Å². The molecular weight excluding hydrogens is 414 g/mol. The van der Waals surface area contributed by atoms with E-state index in [1.165, 1.54) is 21.6 Å². The van der Waals surface area contributed by atoms with E-state index in [2.05, 4.69) is 73.8 Å². The van der Waals surface area contributed by atoms with E-state index in [1.54, 1.807) is 0 Å². The number of thioether (sulfide) groups is 1. The predicted octanol–water partition coefficient (Wildman–Crippen LogP) is 7.60. The van der Waals surface area contributed by atoms with Crippen molar-refractivity contribution in [2.24, 2.45) is 0 Å². The number of aryl methyl sites for hydroxylation is 2. The minimum atomic E-state index is -0.533. The molecule has 0 saturated heterocycles. The van der Waals surface area contributed by atoms with Gasteiger partial charge in [-0.2, -0.15) is 0 Å². The van der Waals surface area contributed by atoms with E-state index in [0.29, 0.717) is 5.25 Å². The van der Waals surface area contributed by atoms with Crippen molar-refractivity contribution in [3.8, 4) is 0 Å². The van der Waals surface area contributed by atoms with Crippen LogP contribution < -0.4 is 5.32 Å². The summed E-state index contributed by atoms with van der Waals surface area (Å²) >= 11 is 1.88. The number of carbonyl (C=O) groups excluding carboxylic acids is 1. The van der Waals surface area contributed by atoms with Crippen molar-refractivity contribution in [1.29, 1.82) is 0 Å². The molecule has 1 unspecified atom stereocenters. The minimum absolute atomic E-state index is 0.321. The summed E-state index contributed by atoms with van der Waals surface area (Å²) in [5.74, 6) is 0. The molecule has 0 aromatic heterocycles. The van der Waals surface area contributed by atoms with Crippen molar-refractivity contribution in [2.75, 3.05) is 5.32 Å². The highest BCUT2D eigenvalue weighted by Gasteiger charge is 2.19. The zero-order chi connectivity index (χ0) is 23.1. The molecule has 4 heteroatoms. The van der Waals surface area contributed by atoms with Crippen LogP contribution in [0.3, 0.4) is 0 Å². The van der Waals surface area contributed by atoms with Crippen LogP contribution in [-0.4, -0.2) is 16.9 Å². The standard InChI is InChI=1S/C28H33NO2S/c1-20-10-14-22(15-11-20)18-25(32-24-16-12-21(2)13-17-24)19-23-8-6-7-9-26(23)29-27(30)31-28(3,4)5/h6-17,25H,18-19H2,1-5H3,(H,29,30).